The average molecular weight is 453 g/mol. The highest BCUT2D eigenvalue weighted by molar-refractivity contribution is 7.99. The van der Waals surface area contributed by atoms with Gasteiger partial charge in [-0.3, -0.25) is 14.3 Å². The lowest BCUT2D eigenvalue weighted by atomic mass is 9.85. The minimum Gasteiger partial charge on any atom is -0.497 e. The highest BCUT2D eigenvalue weighted by atomic mass is 32.2. The van der Waals surface area contributed by atoms with Gasteiger partial charge in [0.05, 0.1) is 25.5 Å². The van der Waals surface area contributed by atoms with Crippen molar-refractivity contribution in [3.63, 3.8) is 0 Å². The lowest BCUT2D eigenvalue weighted by Crippen LogP contribution is -2.22. The Hall–Kier alpha value is -2.87. The zero-order valence-corrected chi connectivity index (χ0v) is 19.5. The Morgan fingerprint density at radius 1 is 1.16 bits per heavy atom. The lowest BCUT2D eigenvalue weighted by Gasteiger charge is -2.31. The van der Waals surface area contributed by atoms with Crippen molar-refractivity contribution in [1.29, 1.82) is 0 Å². The molecule has 7 nitrogen and oxygen atoms in total. The molecule has 2 heterocycles. The molecule has 0 spiro atoms. The van der Waals surface area contributed by atoms with Crippen LogP contribution in [0.4, 0.5) is 0 Å². The molecule has 0 saturated heterocycles. The molecule has 4 rings (SSSR count). The van der Waals surface area contributed by atoms with Crippen molar-refractivity contribution in [2.24, 2.45) is 5.92 Å². The van der Waals surface area contributed by atoms with Crippen molar-refractivity contribution < 1.29 is 14.3 Å². The number of nitrogens with zero attached hydrogens (tertiary/aromatic N) is 4. The van der Waals surface area contributed by atoms with Crippen molar-refractivity contribution in [3.8, 4) is 22.9 Å². The molecule has 32 heavy (non-hydrogen) atoms. The Morgan fingerprint density at radius 3 is 2.72 bits per heavy atom. The number of hydrogen-bond acceptors (Lipinski definition) is 7. The number of carbonyl (C=O) groups is 1. The Bertz CT molecular complexity index is 1070. The number of pyridine rings is 1. The summed E-state index contributed by atoms with van der Waals surface area (Å²) in [6, 6.07) is 9.46. The highest BCUT2D eigenvalue weighted by Gasteiger charge is 2.29. The molecule has 0 radical (unpaired) electrons. The van der Waals surface area contributed by atoms with E-state index in [0.717, 1.165) is 23.0 Å². The third-order valence-electron chi connectivity index (χ3n) is 6.02. The van der Waals surface area contributed by atoms with Crippen LogP contribution >= 0.6 is 11.8 Å². The van der Waals surface area contributed by atoms with Crippen LogP contribution in [0.5, 0.6) is 11.5 Å². The summed E-state index contributed by atoms with van der Waals surface area (Å²) in [5, 5.41) is 9.75. The van der Waals surface area contributed by atoms with E-state index < -0.39 is 0 Å². The number of ketones is 1. The smallest absolute Gasteiger partial charge is 0.192 e. The van der Waals surface area contributed by atoms with Gasteiger partial charge in [-0.15, -0.1) is 10.2 Å². The number of hydrogen-bond donors (Lipinski definition) is 0. The molecule has 1 aromatic carbocycles. The van der Waals surface area contributed by atoms with Gasteiger partial charge in [-0.25, -0.2) is 0 Å². The summed E-state index contributed by atoms with van der Waals surface area (Å²) >= 11 is 1.42. The molecule has 1 aliphatic rings. The Morgan fingerprint density at radius 2 is 2.00 bits per heavy atom. The number of aromatic nitrogens is 4. The second-order valence-corrected chi connectivity index (χ2v) is 8.97. The van der Waals surface area contributed by atoms with Crippen molar-refractivity contribution in [3.05, 3.63) is 48.3 Å². The number of ether oxygens (including phenoxy) is 2. The molecular formula is C24H28N4O3S. The van der Waals surface area contributed by atoms with E-state index in [1.165, 1.54) is 31.0 Å². The molecule has 168 valence electrons. The average Bonchev–Trinajstić information content (AvgIpc) is 3.26. The summed E-state index contributed by atoms with van der Waals surface area (Å²) in [6.07, 6.45) is 8.27. The Labute approximate surface area is 192 Å². The first-order chi connectivity index (χ1) is 15.6. The normalized spacial score (nSPS) is 18.3. The van der Waals surface area contributed by atoms with Gasteiger partial charge in [0, 0.05) is 30.1 Å². The van der Waals surface area contributed by atoms with E-state index in [2.05, 4.69) is 26.7 Å². The topological polar surface area (TPSA) is 79.1 Å². The van der Waals surface area contributed by atoms with Crippen LogP contribution in [0, 0.1) is 5.92 Å². The predicted molar refractivity (Wildman–Crippen MR) is 125 cm³/mol. The molecule has 0 amide bonds. The summed E-state index contributed by atoms with van der Waals surface area (Å²) < 4.78 is 12.9. The summed E-state index contributed by atoms with van der Waals surface area (Å²) in [6.45, 7) is 2.29. The first-order valence-corrected chi connectivity index (χ1v) is 11.8. The quantitative estimate of drug-likeness (QED) is 0.348. The Balaban J connectivity index is 1.61. The van der Waals surface area contributed by atoms with Gasteiger partial charge in [-0.1, -0.05) is 31.5 Å². The molecule has 3 aromatic rings. The van der Waals surface area contributed by atoms with Gasteiger partial charge in [0.25, 0.3) is 0 Å². The molecule has 0 N–H and O–H groups in total. The molecular weight excluding hydrogens is 424 g/mol. The fraction of sp³-hybridized carbons (Fsp3) is 0.417. The van der Waals surface area contributed by atoms with Crippen LogP contribution in [-0.2, 0) is 0 Å². The van der Waals surface area contributed by atoms with Gasteiger partial charge < -0.3 is 9.47 Å². The third kappa shape index (κ3) is 4.65. The van der Waals surface area contributed by atoms with E-state index in [1.54, 1.807) is 38.6 Å². The maximum Gasteiger partial charge on any atom is 0.192 e. The second kappa shape index (κ2) is 10.2. The van der Waals surface area contributed by atoms with Gasteiger partial charge in [0.1, 0.15) is 11.5 Å². The summed E-state index contributed by atoms with van der Waals surface area (Å²) in [5.41, 5.74) is 1.47. The molecule has 1 aliphatic carbocycles. The summed E-state index contributed by atoms with van der Waals surface area (Å²) in [4.78, 5) is 17.3. The number of thioether (sulfide) groups is 1. The number of methoxy groups -OCH3 is 2. The fourth-order valence-corrected chi connectivity index (χ4v) is 5.16. The van der Waals surface area contributed by atoms with E-state index in [-0.39, 0.29) is 11.5 Å². The molecule has 0 aliphatic heterocycles. The molecule has 1 fully saturated rings. The largest absolute Gasteiger partial charge is 0.497 e. The van der Waals surface area contributed by atoms with Crippen LogP contribution in [0.1, 0.15) is 49.0 Å². The predicted octanol–water partition coefficient (Wildman–Crippen LogP) is 5.08. The van der Waals surface area contributed by atoms with E-state index in [9.17, 15) is 4.79 Å². The van der Waals surface area contributed by atoms with Crippen molar-refractivity contribution in [2.45, 2.75) is 43.8 Å². The van der Waals surface area contributed by atoms with E-state index >= 15 is 0 Å². The van der Waals surface area contributed by atoms with Gasteiger partial charge in [0.15, 0.2) is 16.8 Å². The van der Waals surface area contributed by atoms with Crippen molar-refractivity contribution >= 4 is 17.5 Å². The summed E-state index contributed by atoms with van der Waals surface area (Å²) in [5.74, 6) is 2.71. The second-order valence-electron chi connectivity index (χ2n) is 8.03. The van der Waals surface area contributed by atoms with Crippen LogP contribution in [0.3, 0.4) is 0 Å². The van der Waals surface area contributed by atoms with Crippen LogP contribution < -0.4 is 9.47 Å². The van der Waals surface area contributed by atoms with Gasteiger partial charge in [-0.2, -0.15) is 0 Å². The number of Topliss-reactive ketones (excluding diaryl/α,β-unsaturated/α-hetero) is 1. The molecule has 0 unspecified atom stereocenters. The van der Waals surface area contributed by atoms with Crippen LogP contribution in [0.25, 0.3) is 11.4 Å². The first-order valence-electron chi connectivity index (χ1n) is 10.9. The fourth-order valence-electron chi connectivity index (χ4n) is 4.28. The number of carbonyl (C=O) groups excluding carboxylic acids is 1. The standard InChI is InChI=1S/C24H28N4O3S/c1-16-7-4-5-9-20(16)28-23(17-8-6-12-25-14-17)26-27-24(28)32-15-21(29)19-11-10-18(30-2)13-22(19)31-3/h6,8,10-14,16,20H,4-5,7,9,15H2,1-3H3/t16-,20-/m1/s1. The Kier molecular flexibility index (Phi) is 7.09. The molecule has 8 heteroatoms. The molecule has 2 aromatic heterocycles. The molecule has 1 saturated carbocycles. The van der Waals surface area contributed by atoms with Gasteiger partial charge in [0.2, 0.25) is 0 Å². The monoisotopic (exact) mass is 452 g/mol. The third-order valence-corrected chi connectivity index (χ3v) is 6.97. The summed E-state index contributed by atoms with van der Waals surface area (Å²) in [7, 11) is 3.14. The SMILES string of the molecule is COc1ccc(C(=O)CSc2nnc(-c3cccnc3)n2[C@@H]2CCCC[C@H]2C)c(OC)c1. The van der Waals surface area contributed by atoms with E-state index in [0.29, 0.717) is 29.0 Å². The maximum absolute atomic E-state index is 13.0. The number of benzene rings is 1. The molecule has 2 atom stereocenters. The van der Waals surface area contributed by atoms with Crippen LogP contribution in [0.2, 0.25) is 0 Å². The zero-order chi connectivity index (χ0) is 22.5. The van der Waals surface area contributed by atoms with E-state index in [1.807, 2.05) is 18.3 Å². The highest BCUT2D eigenvalue weighted by Crippen LogP contribution is 2.39. The van der Waals surface area contributed by atoms with Crippen LogP contribution in [0.15, 0.2) is 47.9 Å². The van der Waals surface area contributed by atoms with E-state index in [4.69, 9.17) is 9.47 Å². The maximum atomic E-state index is 13.0. The van der Waals surface area contributed by atoms with Gasteiger partial charge >= 0.3 is 0 Å². The minimum absolute atomic E-state index is 0.0244. The van der Waals surface area contributed by atoms with Crippen LogP contribution in [-0.4, -0.2) is 45.5 Å². The molecule has 0 bridgehead atoms. The first kappa shape index (κ1) is 22.3. The van der Waals surface area contributed by atoms with Crippen molar-refractivity contribution in [1.82, 2.24) is 19.7 Å². The van der Waals surface area contributed by atoms with Crippen molar-refractivity contribution in [2.75, 3.05) is 20.0 Å². The zero-order valence-electron chi connectivity index (χ0n) is 18.7. The minimum atomic E-state index is -0.0244. The number of rotatable bonds is 8. The lowest BCUT2D eigenvalue weighted by molar-refractivity contribution is 0.101. The van der Waals surface area contributed by atoms with Gasteiger partial charge in [-0.05, 0) is 43.0 Å².